The third kappa shape index (κ3) is 5.30. The summed E-state index contributed by atoms with van der Waals surface area (Å²) in [5.41, 5.74) is 0.487. The molecule has 1 aliphatic heterocycles. The van der Waals surface area contributed by atoms with Crippen LogP contribution in [0.25, 0.3) is 0 Å². The molecule has 0 saturated carbocycles. The molecule has 0 bridgehead atoms. The van der Waals surface area contributed by atoms with Gasteiger partial charge in [0.15, 0.2) is 0 Å². The summed E-state index contributed by atoms with van der Waals surface area (Å²) < 4.78 is 21.2. The lowest BCUT2D eigenvalue weighted by atomic mass is 9.96. The Balaban J connectivity index is 1.55. The second-order valence-electron chi connectivity index (χ2n) is 7.21. The van der Waals surface area contributed by atoms with Crippen LogP contribution in [0.4, 0.5) is 10.1 Å². The Hall–Kier alpha value is -2.52. The Kier molecular flexibility index (Phi) is 7.16. The number of piperidine rings is 1. The van der Waals surface area contributed by atoms with Gasteiger partial charge in [-0.25, -0.2) is 13.9 Å². The molecule has 158 valence electrons. The second-order valence-corrected chi connectivity index (χ2v) is 7.21. The molecule has 8 nitrogen and oxygen atoms in total. The lowest BCUT2D eigenvalue weighted by Gasteiger charge is -2.30. The first-order valence-corrected chi connectivity index (χ1v) is 9.96. The predicted molar refractivity (Wildman–Crippen MR) is 107 cm³/mol. The molecule has 9 heteroatoms. The van der Waals surface area contributed by atoms with E-state index in [2.05, 4.69) is 15.3 Å². The summed E-state index contributed by atoms with van der Waals surface area (Å²) in [5.74, 6) is 0.566. The van der Waals surface area contributed by atoms with Crippen LogP contribution in [0.5, 0.6) is 0 Å². The summed E-state index contributed by atoms with van der Waals surface area (Å²) in [7, 11) is 1.60. The topological polar surface area (TPSA) is 81.4 Å². The van der Waals surface area contributed by atoms with Crippen molar-refractivity contribution < 1.29 is 13.9 Å². The van der Waals surface area contributed by atoms with Gasteiger partial charge in [0, 0.05) is 25.3 Å². The molecule has 3 rings (SSSR count). The molecule has 1 aromatic heterocycles. The molecule has 0 radical (unpaired) electrons. The van der Waals surface area contributed by atoms with Crippen LogP contribution in [-0.2, 0) is 22.6 Å². The Bertz CT molecular complexity index is 869. The quantitative estimate of drug-likeness (QED) is 0.723. The first kappa shape index (κ1) is 21.2. The van der Waals surface area contributed by atoms with Crippen LogP contribution in [0.2, 0.25) is 0 Å². The van der Waals surface area contributed by atoms with Crippen molar-refractivity contribution >= 4 is 11.6 Å². The van der Waals surface area contributed by atoms with E-state index in [0.29, 0.717) is 25.4 Å². The molecule has 29 heavy (non-hydrogen) atoms. The van der Waals surface area contributed by atoms with Crippen LogP contribution in [-0.4, -0.2) is 58.5 Å². The van der Waals surface area contributed by atoms with Gasteiger partial charge in [0.2, 0.25) is 5.91 Å². The number of carbonyl (C=O) groups is 1. The van der Waals surface area contributed by atoms with Crippen molar-refractivity contribution in [1.82, 2.24) is 19.2 Å². The van der Waals surface area contributed by atoms with Gasteiger partial charge in [-0.1, -0.05) is 0 Å². The van der Waals surface area contributed by atoms with E-state index >= 15 is 0 Å². The highest BCUT2D eigenvalue weighted by atomic mass is 19.1. The number of benzene rings is 1. The maximum atomic E-state index is 13.0. The van der Waals surface area contributed by atoms with Crippen molar-refractivity contribution in [3.8, 4) is 0 Å². The van der Waals surface area contributed by atoms with Crippen molar-refractivity contribution in [2.45, 2.75) is 38.8 Å². The average molecular weight is 405 g/mol. The molecule has 2 heterocycles. The largest absolute Gasteiger partial charge is 0.383 e. The molecule has 1 amide bonds. The number of likely N-dealkylation sites (tertiary alicyclic amines) is 1. The summed E-state index contributed by atoms with van der Waals surface area (Å²) in [4.78, 5) is 26.8. The van der Waals surface area contributed by atoms with E-state index in [0.717, 1.165) is 31.8 Å². The Morgan fingerprint density at radius 2 is 1.97 bits per heavy atom. The molecule has 0 atom stereocenters. The minimum atomic E-state index is -0.333. The van der Waals surface area contributed by atoms with E-state index in [1.165, 1.54) is 16.8 Å². The highest BCUT2D eigenvalue weighted by Crippen LogP contribution is 2.26. The number of amides is 1. The first-order valence-electron chi connectivity index (χ1n) is 9.96. The zero-order chi connectivity index (χ0) is 20.8. The summed E-state index contributed by atoms with van der Waals surface area (Å²) in [6.07, 6.45) is 1.68. The maximum absolute atomic E-state index is 13.0. The van der Waals surface area contributed by atoms with Crippen LogP contribution in [0, 0.1) is 5.82 Å². The summed E-state index contributed by atoms with van der Waals surface area (Å²) in [6, 6.07) is 5.73. The molecule has 0 unspecified atom stereocenters. The lowest BCUT2D eigenvalue weighted by molar-refractivity contribution is -0.117. The number of nitrogens with zero attached hydrogens (tertiary/aromatic N) is 4. The van der Waals surface area contributed by atoms with Crippen LogP contribution >= 0.6 is 0 Å². The molecule has 1 N–H and O–H groups in total. The van der Waals surface area contributed by atoms with E-state index in [4.69, 9.17) is 4.74 Å². The molecular formula is C20H28FN5O3. The Morgan fingerprint density at radius 3 is 2.59 bits per heavy atom. The van der Waals surface area contributed by atoms with Gasteiger partial charge in [0.25, 0.3) is 0 Å². The van der Waals surface area contributed by atoms with Gasteiger partial charge >= 0.3 is 5.69 Å². The van der Waals surface area contributed by atoms with Crippen molar-refractivity contribution in [2.24, 2.45) is 0 Å². The number of rotatable bonds is 8. The van der Waals surface area contributed by atoms with E-state index in [9.17, 15) is 14.0 Å². The number of hydrogen-bond donors (Lipinski definition) is 1. The zero-order valence-electron chi connectivity index (χ0n) is 16.9. The van der Waals surface area contributed by atoms with Gasteiger partial charge in [-0.2, -0.15) is 5.10 Å². The Morgan fingerprint density at radius 1 is 1.28 bits per heavy atom. The fraction of sp³-hybridized carbons (Fsp3) is 0.550. The fourth-order valence-corrected chi connectivity index (χ4v) is 3.67. The van der Waals surface area contributed by atoms with E-state index < -0.39 is 0 Å². The fourth-order valence-electron chi connectivity index (χ4n) is 3.67. The minimum absolute atomic E-state index is 0.0966. The predicted octanol–water partition coefficient (Wildman–Crippen LogP) is 1.67. The number of carbonyl (C=O) groups excluding carboxylic acids is 1. The van der Waals surface area contributed by atoms with E-state index in [1.54, 1.807) is 23.8 Å². The highest BCUT2D eigenvalue weighted by molar-refractivity contribution is 5.92. The SMILES string of the molecule is CCn1c(C2CCN(CC(=O)Nc3ccc(F)cc3)CC2)nn(CCOC)c1=O. The summed E-state index contributed by atoms with van der Waals surface area (Å²) >= 11 is 0. The Labute approximate surface area is 169 Å². The summed E-state index contributed by atoms with van der Waals surface area (Å²) in [5, 5.41) is 7.34. The molecule has 1 aliphatic rings. The van der Waals surface area contributed by atoms with Crippen LogP contribution in [0.1, 0.15) is 31.5 Å². The van der Waals surface area contributed by atoms with Crippen LogP contribution in [0.15, 0.2) is 29.1 Å². The van der Waals surface area contributed by atoms with Crippen LogP contribution in [0.3, 0.4) is 0 Å². The van der Waals surface area contributed by atoms with Gasteiger partial charge in [-0.3, -0.25) is 14.3 Å². The normalized spacial score (nSPS) is 15.6. The standard InChI is InChI=1S/C20H28FN5O3/c1-3-25-19(23-26(20(25)28)12-13-29-2)15-8-10-24(11-9-15)14-18(27)22-17-6-4-16(21)5-7-17/h4-7,15H,3,8-14H2,1-2H3,(H,22,27). The first-order chi connectivity index (χ1) is 14.0. The van der Waals surface area contributed by atoms with Crippen LogP contribution < -0.4 is 11.0 Å². The summed E-state index contributed by atoms with van der Waals surface area (Å²) in [6.45, 7) is 5.21. The molecular weight excluding hydrogens is 377 g/mol. The molecule has 1 aromatic carbocycles. The van der Waals surface area contributed by atoms with Crippen molar-refractivity contribution in [3.63, 3.8) is 0 Å². The third-order valence-corrected chi connectivity index (χ3v) is 5.22. The second kappa shape index (κ2) is 9.80. The molecule has 0 spiro atoms. The smallest absolute Gasteiger partial charge is 0.345 e. The molecule has 0 aliphatic carbocycles. The molecule has 2 aromatic rings. The number of aromatic nitrogens is 3. The van der Waals surface area contributed by atoms with Gasteiger partial charge < -0.3 is 10.1 Å². The zero-order valence-corrected chi connectivity index (χ0v) is 16.9. The van der Waals surface area contributed by atoms with Gasteiger partial charge in [-0.05, 0) is 57.1 Å². The average Bonchev–Trinajstić information content (AvgIpc) is 3.04. The van der Waals surface area contributed by atoms with E-state index in [-0.39, 0.29) is 29.9 Å². The highest BCUT2D eigenvalue weighted by Gasteiger charge is 2.27. The van der Waals surface area contributed by atoms with Gasteiger partial charge in [0.1, 0.15) is 11.6 Å². The van der Waals surface area contributed by atoms with E-state index in [1.807, 2.05) is 6.92 Å². The number of nitrogens with one attached hydrogen (secondary N) is 1. The van der Waals surface area contributed by atoms with Gasteiger partial charge in [0.05, 0.1) is 19.7 Å². The lowest BCUT2D eigenvalue weighted by Crippen LogP contribution is -2.39. The molecule has 1 saturated heterocycles. The number of methoxy groups -OCH3 is 1. The number of halogens is 1. The molecule has 1 fully saturated rings. The van der Waals surface area contributed by atoms with Gasteiger partial charge in [-0.15, -0.1) is 0 Å². The van der Waals surface area contributed by atoms with Crippen molar-refractivity contribution in [2.75, 3.05) is 38.7 Å². The van der Waals surface area contributed by atoms with Crippen molar-refractivity contribution in [3.05, 3.63) is 46.4 Å². The third-order valence-electron chi connectivity index (χ3n) is 5.22. The number of hydrogen-bond acceptors (Lipinski definition) is 5. The van der Waals surface area contributed by atoms with Crippen molar-refractivity contribution in [1.29, 1.82) is 0 Å². The minimum Gasteiger partial charge on any atom is -0.383 e. The monoisotopic (exact) mass is 405 g/mol. The number of ether oxygens (including phenoxy) is 1. The number of anilines is 1. The maximum Gasteiger partial charge on any atom is 0.345 e.